The Labute approximate surface area is 147 Å². The molecule has 1 aromatic heterocycles. The first kappa shape index (κ1) is 18.7. The Morgan fingerprint density at radius 2 is 1.88 bits per heavy atom. The Morgan fingerprint density at radius 1 is 1.20 bits per heavy atom. The summed E-state index contributed by atoms with van der Waals surface area (Å²) in [6.45, 7) is 7.21. The maximum atomic E-state index is 11.8. The fraction of sp³-hybridized carbons (Fsp3) is 0.421. The first-order chi connectivity index (χ1) is 11.7. The Hall–Kier alpha value is -2.63. The molecule has 1 amide bonds. The maximum Gasteiger partial charge on any atom is 0.325 e. The number of aryl methyl sites for hydroxylation is 2. The van der Waals surface area contributed by atoms with Crippen LogP contribution in [0.3, 0.4) is 0 Å². The van der Waals surface area contributed by atoms with Crippen LogP contribution >= 0.6 is 0 Å². The molecule has 2 aromatic rings. The second-order valence-corrected chi connectivity index (χ2v) is 6.85. The number of nitrogens with one attached hydrogen (secondary N) is 1. The van der Waals surface area contributed by atoms with Crippen LogP contribution in [-0.2, 0) is 20.7 Å². The van der Waals surface area contributed by atoms with Crippen LogP contribution in [-0.4, -0.2) is 29.0 Å². The minimum absolute atomic E-state index is 0.143. The lowest BCUT2D eigenvalue weighted by molar-refractivity contribution is -0.154. The highest BCUT2D eigenvalue weighted by molar-refractivity contribution is 5.82. The van der Waals surface area contributed by atoms with Gasteiger partial charge in [0.1, 0.15) is 12.1 Å². The maximum absolute atomic E-state index is 11.8. The molecule has 6 nitrogen and oxygen atoms in total. The van der Waals surface area contributed by atoms with E-state index in [9.17, 15) is 9.59 Å². The number of hydrogen-bond acceptors (Lipinski definition) is 5. The van der Waals surface area contributed by atoms with E-state index < -0.39 is 11.6 Å². The number of nitrogens with zero attached hydrogens (tertiary/aromatic N) is 1. The Morgan fingerprint density at radius 3 is 2.52 bits per heavy atom. The normalized spacial score (nSPS) is 11.2. The molecule has 1 heterocycles. The third kappa shape index (κ3) is 6.41. The average Bonchev–Trinajstić information content (AvgIpc) is 2.99. The molecule has 0 aliphatic rings. The van der Waals surface area contributed by atoms with Crippen LogP contribution < -0.4 is 5.32 Å². The molecule has 1 N–H and O–H groups in total. The first-order valence-electron chi connectivity index (χ1n) is 8.23. The van der Waals surface area contributed by atoms with Crippen LogP contribution in [0.25, 0.3) is 11.3 Å². The molecule has 0 atom stereocenters. The zero-order valence-electron chi connectivity index (χ0n) is 15.1. The monoisotopic (exact) mass is 344 g/mol. The summed E-state index contributed by atoms with van der Waals surface area (Å²) in [5, 5.41) is 2.54. The van der Waals surface area contributed by atoms with Gasteiger partial charge >= 0.3 is 5.97 Å². The zero-order chi connectivity index (χ0) is 18.4. The van der Waals surface area contributed by atoms with E-state index in [1.807, 2.05) is 31.2 Å². The minimum Gasteiger partial charge on any atom is -0.459 e. The molecule has 0 radical (unpaired) electrons. The Balaban J connectivity index is 1.79. The molecule has 0 aliphatic heterocycles. The number of rotatable bonds is 6. The summed E-state index contributed by atoms with van der Waals surface area (Å²) in [5.74, 6) is 0.451. The molecule has 0 bridgehead atoms. The van der Waals surface area contributed by atoms with Crippen molar-refractivity contribution in [2.24, 2.45) is 0 Å². The standard InChI is InChI=1S/C19H24N2O4/c1-13-5-7-14(8-6-13)15-11-21-17(24-15)10-9-16(22)20-12-18(23)25-19(2,3)4/h5-8,11H,9-10,12H2,1-4H3,(H,20,22). The van der Waals surface area contributed by atoms with Gasteiger partial charge in [-0.3, -0.25) is 9.59 Å². The van der Waals surface area contributed by atoms with Gasteiger partial charge in [-0.25, -0.2) is 4.98 Å². The van der Waals surface area contributed by atoms with Crippen molar-refractivity contribution in [2.45, 2.75) is 46.1 Å². The summed E-state index contributed by atoms with van der Waals surface area (Å²) in [5.41, 5.74) is 1.55. The van der Waals surface area contributed by atoms with Crippen molar-refractivity contribution in [1.82, 2.24) is 10.3 Å². The third-order valence-electron chi connectivity index (χ3n) is 3.31. The number of hydrogen-bond donors (Lipinski definition) is 1. The van der Waals surface area contributed by atoms with E-state index in [2.05, 4.69) is 10.3 Å². The number of aromatic nitrogens is 1. The van der Waals surface area contributed by atoms with Crippen molar-refractivity contribution >= 4 is 11.9 Å². The van der Waals surface area contributed by atoms with E-state index >= 15 is 0 Å². The number of benzene rings is 1. The molecule has 0 fully saturated rings. The second-order valence-electron chi connectivity index (χ2n) is 6.85. The van der Waals surface area contributed by atoms with Crippen molar-refractivity contribution < 1.29 is 18.7 Å². The van der Waals surface area contributed by atoms with Crippen molar-refractivity contribution in [1.29, 1.82) is 0 Å². The van der Waals surface area contributed by atoms with E-state index in [0.717, 1.165) is 5.56 Å². The number of carbonyl (C=O) groups excluding carboxylic acids is 2. The summed E-state index contributed by atoms with van der Waals surface area (Å²) in [7, 11) is 0. The smallest absolute Gasteiger partial charge is 0.325 e. The van der Waals surface area contributed by atoms with Gasteiger partial charge in [0.05, 0.1) is 6.20 Å². The number of carbonyl (C=O) groups is 2. The number of esters is 1. The molecule has 0 aliphatic carbocycles. The van der Waals surface area contributed by atoms with E-state index in [0.29, 0.717) is 18.1 Å². The van der Waals surface area contributed by atoms with Crippen LogP contribution in [0.15, 0.2) is 34.9 Å². The molecular formula is C19H24N2O4. The number of oxazole rings is 1. The van der Waals surface area contributed by atoms with E-state index in [1.54, 1.807) is 27.0 Å². The highest BCUT2D eigenvalue weighted by Crippen LogP contribution is 2.21. The van der Waals surface area contributed by atoms with Crippen molar-refractivity contribution in [3.63, 3.8) is 0 Å². The van der Waals surface area contributed by atoms with Crippen LogP contribution in [0, 0.1) is 6.92 Å². The van der Waals surface area contributed by atoms with Gasteiger partial charge in [-0.05, 0) is 27.7 Å². The van der Waals surface area contributed by atoms with Crippen LogP contribution in [0.5, 0.6) is 0 Å². The molecule has 25 heavy (non-hydrogen) atoms. The van der Waals surface area contributed by atoms with Crippen LogP contribution in [0.2, 0.25) is 0 Å². The average molecular weight is 344 g/mol. The lowest BCUT2D eigenvalue weighted by atomic mass is 10.1. The van der Waals surface area contributed by atoms with Crippen molar-refractivity contribution in [2.75, 3.05) is 6.54 Å². The van der Waals surface area contributed by atoms with Gasteiger partial charge in [-0.1, -0.05) is 29.8 Å². The quantitative estimate of drug-likeness (QED) is 0.815. The summed E-state index contributed by atoms with van der Waals surface area (Å²) < 4.78 is 10.8. The fourth-order valence-corrected chi connectivity index (χ4v) is 2.13. The second kappa shape index (κ2) is 7.96. The highest BCUT2D eigenvalue weighted by Gasteiger charge is 2.17. The predicted octanol–water partition coefficient (Wildman–Crippen LogP) is 3.04. The van der Waals surface area contributed by atoms with Gasteiger partial charge in [0.25, 0.3) is 0 Å². The molecule has 6 heteroatoms. The molecule has 134 valence electrons. The molecule has 2 rings (SSSR count). The predicted molar refractivity (Wildman–Crippen MR) is 93.9 cm³/mol. The summed E-state index contributed by atoms with van der Waals surface area (Å²) >= 11 is 0. The first-order valence-corrected chi connectivity index (χ1v) is 8.23. The number of ether oxygens (including phenoxy) is 1. The SMILES string of the molecule is Cc1ccc(-c2cnc(CCC(=O)NCC(=O)OC(C)(C)C)o2)cc1. The molecule has 1 aromatic carbocycles. The van der Waals surface area contributed by atoms with Crippen LogP contribution in [0.4, 0.5) is 0 Å². The Kier molecular flexibility index (Phi) is 5.96. The summed E-state index contributed by atoms with van der Waals surface area (Å²) in [4.78, 5) is 27.6. The molecular weight excluding hydrogens is 320 g/mol. The van der Waals surface area contributed by atoms with Gasteiger partial charge in [0.2, 0.25) is 5.91 Å². The van der Waals surface area contributed by atoms with Crippen molar-refractivity contribution in [3.8, 4) is 11.3 Å². The van der Waals surface area contributed by atoms with Crippen molar-refractivity contribution in [3.05, 3.63) is 41.9 Å². The van der Waals surface area contributed by atoms with Gasteiger partial charge in [0.15, 0.2) is 11.7 Å². The lowest BCUT2D eigenvalue weighted by Crippen LogP contribution is -2.34. The summed E-state index contributed by atoms with van der Waals surface area (Å²) in [6, 6.07) is 7.93. The van der Waals surface area contributed by atoms with Gasteiger partial charge in [-0.15, -0.1) is 0 Å². The van der Waals surface area contributed by atoms with Gasteiger partial charge in [-0.2, -0.15) is 0 Å². The third-order valence-corrected chi connectivity index (χ3v) is 3.31. The molecule has 0 unspecified atom stereocenters. The molecule has 0 saturated carbocycles. The van der Waals surface area contributed by atoms with E-state index in [1.165, 1.54) is 5.56 Å². The lowest BCUT2D eigenvalue weighted by Gasteiger charge is -2.19. The minimum atomic E-state index is -0.563. The summed E-state index contributed by atoms with van der Waals surface area (Å²) in [6.07, 6.45) is 2.21. The van der Waals surface area contributed by atoms with Crippen LogP contribution in [0.1, 0.15) is 38.6 Å². The zero-order valence-corrected chi connectivity index (χ0v) is 15.1. The number of amides is 1. The fourth-order valence-electron chi connectivity index (χ4n) is 2.13. The Bertz CT molecular complexity index is 727. The molecule has 0 spiro atoms. The largest absolute Gasteiger partial charge is 0.459 e. The van der Waals surface area contributed by atoms with E-state index in [-0.39, 0.29) is 18.9 Å². The van der Waals surface area contributed by atoms with E-state index in [4.69, 9.17) is 9.15 Å². The van der Waals surface area contributed by atoms with Gasteiger partial charge < -0.3 is 14.5 Å². The molecule has 0 saturated heterocycles. The highest BCUT2D eigenvalue weighted by atomic mass is 16.6. The van der Waals surface area contributed by atoms with Gasteiger partial charge in [0, 0.05) is 18.4 Å². The topological polar surface area (TPSA) is 81.4 Å².